The third-order valence-corrected chi connectivity index (χ3v) is 4.60. The number of hydrogen-bond donors (Lipinski definition) is 0. The molecule has 0 N–H and O–H groups in total. The van der Waals surface area contributed by atoms with Gasteiger partial charge in [0.25, 0.3) is 0 Å². The van der Waals surface area contributed by atoms with E-state index in [9.17, 15) is 4.79 Å². The zero-order chi connectivity index (χ0) is 15.2. The highest BCUT2D eigenvalue weighted by molar-refractivity contribution is 5.76. The van der Waals surface area contributed by atoms with Gasteiger partial charge in [0.05, 0.1) is 0 Å². The monoisotopic (exact) mass is 288 g/mol. The average molecular weight is 288 g/mol. The summed E-state index contributed by atoms with van der Waals surface area (Å²) in [5.41, 5.74) is 2.50. The Morgan fingerprint density at radius 2 is 1.81 bits per heavy atom. The van der Waals surface area contributed by atoms with Crippen LogP contribution in [0.2, 0.25) is 0 Å². The molecule has 116 valence electrons. The van der Waals surface area contributed by atoms with Gasteiger partial charge in [0.2, 0.25) is 5.91 Å². The van der Waals surface area contributed by atoms with Crippen LogP contribution in [0.4, 0.5) is 0 Å². The van der Waals surface area contributed by atoms with Crippen LogP contribution in [0.3, 0.4) is 0 Å². The predicted molar refractivity (Wildman–Crippen MR) is 87.2 cm³/mol. The topological polar surface area (TPSA) is 23.6 Å². The summed E-state index contributed by atoms with van der Waals surface area (Å²) in [6.45, 7) is 10.3. The number of carbonyl (C=O) groups is 1. The van der Waals surface area contributed by atoms with Crippen LogP contribution in [0.1, 0.15) is 44.2 Å². The summed E-state index contributed by atoms with van der Waals surface area (Å²) in [5.74, 6) is 0.310. The number of rotatable bonds is 5. The smallest absolute Gasteiger partial charge is 0.222 e. The lowest BCUT2D eigenvalue weighted by molar-refractivity contribution is -0.131. The lowest BCUT2D eigenvalue weighted by Gasteiger charge is -2.28. The molecule has 1 fully saturated rings. The van der Waals surface area contributed by atoms with Crippen molar-refractivity contribution in [3.63, 3.8) is 0 Å². The number of aryl methyl sites for hydroxylation is 1. The lowest BCUT2D eigenvalue weighted by Crippen LogP contribution is -2.36. The summed E-state index contributed by atoms with van der Waals surface area (Å²) >= 11 is 0. The minimum absolute atomic E-state index is 0.310. The van der Waals surface area contributed by atoms with Crippen molar-refractivity contribution in [2.45, 2.75) is 52.6 Å². The molecule has 0 bridgehead atoms. The molecule has 1 amide bonds. The molecule has 1 atom stereocenters. The molecule has 21 heavy (non-hydrogen) atoms. The summed E-state index contributed by atoms with van der Waals surface area (Å²) < 4.78 is 0. The molecular weight excluding hydrogens is 260 g/mol. The van der Waals surface area contributed by atoms with Crippen LogP contribution in [-0.2, 0) is 11.3 Å². The van der Waals surface area contributed by atoms with Crippen molar-refractivity contribution in [2.24, 2.45) is 0 Å². The number of carbonyl (C=O) groups excluding carboxylic acids is 1. The summed E-state index contributed by atoms with van der Waals surface area (Å²) in [7, 11) is 0. The Morgan fingerprint density at radius 3 is 2.43 bits per heavy atom. The first kappa shape index (κ1) is 16.0. The number of amides is 1. The molecule has 0 spiro atoms. The minimum Gasteiger partial charge on any atom is -0.338 e. The molecule has 3 heteroatoms. The Kier molecular flexibility index (Phi) is 5.80. The summed E-state index contributed by atoms with van der Waals surface area (Å²) in [4.78, 5) is 16.9. The number of nitrogens with zero attached hydrogens (tertiary/aromatic N) is 2. The summed E-state index contributed by atoms with van der Waals surface area (Å²) in [6.07, 6.45) is 2.79. The predicted octanol–water partition coefficient (Wildman–Crippen LogP) is 3.22. The molecule has 0 saturated carbocycles. The third-order valence-electron chi connectivity index (χ3n) is 4.60. The molecule has 0 aliphatic carbocycles. The molecular formula is C18H28N2O. The van der Waals surface area contributed by atoms with Gasteiger partial charge in [0, 0.05) is 25.6 Å². The number of hydrogen-bond acceptors (Lipinski definition) is 2. The first-order chi connectivity index (χ1) is 10.1. The lowest BCUT2D eigenvalue weighted by atomic mass is 10.1. The third kappa shape index (κ3) is 4.31. The Labute approximate surface area is 128 Å². The van der Waals surface area contributed by atoms with E-state index in [1.807, 2.05) is 4.90 Å². The zero-order valence-corrected chi connectivity index (χ0v) is 13.6. The Morgan fingerprint density at radius 1 is 1.14 bits per heavy atom. The van der Waals surface area contributed by atoms with Gasteiger partial charge in [-0.2, -0.15) is 0 Å². The van der Waals surface area contributed by atoms with Gasteiger partial charge in [-0.15, -0.1) is 0 Å². The van der Waals surface area contributed by atoms with Crippen LogP contribution in [0, 0.1) is 6.92 Å². The van der Waals surface area contributed by atoms with Crippen molar-refractivity contribution in [1.29, 1.82) is 0 Å². The van der Waals surface area contributed by atoms with Gasteiger partial charge >= 0.3 is 0 Å². The summed E-state index contributed by atoms with van der Waals surface area (Å²) in [5, 5.41) is 0. The Hall–Kier alpha value is -1.35. The molecule has 1 saturated heterocycles. The fourth-order valence-electron chi connectivity index (χ4n) is 3.21. The van der Waals surface area contributed by atoms with E-state index in [0.29, 0.717) is 18.4 Å². The highest BCUT2D eigenvalue weighted by Gasteiger charge is 2.25. The minimum atomic E-state index is 0.310. The van der Waals surface area contributed by atoms with E-state index in [2.05, 4.69) is 49.9 Å². The van der Waals surface area contributed by atoms with Gasteiger partial charge in [0.1, 0.15) is 0 Å². The molecule has 1 aliphatic rings. The molecule has 3 nitrogen and oxygen atoms in total. The van der Waals surface area contributed by atoms with Gasteiger partial charge in [-0.05, 0) is 38.4 Å². The molecule has 0 radical (unpaired) electrons. The van der Waals surface area contributed by atoms with Gasteiger partial charge < -0.3 is 9.80 Å². The highest BCUT2D eigenvalue weighted by atomic mass is 16.2. The van der Waals surface area contributed by atoms with Crippen molar-refractivity contribution >= 4 is 5.91 Å². The molecule has 1 unspecified atom stereocenters. The van der Waals surface area contributed by atoms with E-state index < -0.39 is 0 Å². The van der Waals surface area contributed by atoms with Crippen LogP contribution in [0.15, 0.2) is 24.3 Å². The maximum atomic E-state index is 12.3. The largest absolute Gasteiger partial charge is 0.338 e. The zero-order valence-electron chi connectivity index (χ0n) is 13.6. The van der Waals surface area contributed by atoms with Crippen LogP contribution in [0.25, 0.3) is 0 Å². The standard InChI is InChI=1S/C18H28N2O/c1-4-19(5-2)17-10-11-18(21)20(13-12-17)14-16-8-6-15(3)7-9-16/h6-9,17H,4-5,10-14H2,1-3H3. The molecule has 1 aliphatic heterocycles. The van der Waals surface area contributed by atoms with Crippen LogP contribution in [0.5, 0.6) is 0 Å². The molecule has 2 rings (SSSR count). The van der Waals surface area contributed by atoms with Crippen molar-refractivity contribution < 1.29 is 4.79 Å². The van der Waals surface area contributed by atoms with E-state index in [1.54, 1.807) is 0 Å². The fraction of sp³-hybridized carbons (Fsp3) is 0.611. The van der Waals surface area contributed by atoms with Crippen LogP contribution in [-0.4, -0.2) is 41.4 Å². The van der Waals surface area contributed by atoms with Gasteiger partial charge in [-0.1, -0.05) is 43.7 Å². The average Bonchev–Trinajstić information content (AvgIpc) is 2.67. The van der Waals surface area contributed by atoms with E-state index in [-0.39, 0.29) is 0 Å². The van der Waals surface area contributed by atoms with Crippen molar-refractivity contribution in [1.82, 2.24) is 9.80 Å². The molecule has 0 aromatic heterocycles. The second-order valence-corrected chi connectivity index (χ2v) is 6.00. The van der Waals surface area contributed by atoms with Crippen LogP contribution < -0.4 is 0 Å². The Balaban J connectivity index is 1.98. The van der Waals surface area contributed by atoms with Crippen molar-refractivity contribution in [3.05, 3.63) is 35.4 Å². The maximum Gasteiger partial charge on any atom is 0.222 e. The second kappa shape index (κ2) is 7.60. The number of benzene rings is 1. The summed E-state index contributed by atoms with van der Waals surface area (Å²) in [6, 6.07) is 9.07. The number of likely N-dealkylation sites (tertiary alicyclic amines) is 1. The maximum absolute atomic E-state index is 12.3. The first-order valence-corrected chi connectivity index (χ1v) is 8.21. The van der Waals surface area contributed by atoms with Crippen molar-refractivity contribution in [3.8, 4) is 0 Å². The van der Waals surface area contributed by atoms with E-state index in [4.69, 9.17) is 0 Å². The van der Waals surface area contributed by atoms with Crippen LogP contribution >= 0.6 is 0 Å². The van der Waals surface area contributed by atoms with E-state index >= 15 is 0 Å². The van der Waals surface area contributed by atoms with E-state index in [1.165, 1.54) is 11.1 Å². The molecule has 1 aromatic rings. The SMILES string of the molecule is CCN(CC)C1CCC(=O)N(Cc2ccc(C)cc2)CC1. The van der Waals surface area contributed by atoms with Gasteiger partial charge in [0.15, 0.2) is 0 Å². The normalized spacial score (nSPS) is 19.9. The second-order valence-electron chi connectivity index (χ2n) is 6.00. The fourth-order valence-corrected chi connectivity index (χ4v) is 3.21. The molecule has 1 heterocycles. The van der Waals surface area contributed by atoms with E-state index in [0.717, 1.165) is 39.0 Å². The quantitative estimate of drug-likeness (QED) is 0.830. The Bertz CT molecular complexity index is 451. The van der Waals surface area contributed by atoms with Crippen molar-refractivity contribution in [2.75, 3.05) is 19.6 Å². The highest BCUT2D eigenvalue weighted by Crippen LogP contribution is 2.19. The van der Waals surface area contributed by atoms with Gasteiger partial charge in [-0.25, -0.2) is 0 Å². The molecule has 1 aromatic carbocycles. The van der Waals surface area contributed by atoms with Gasteiger partial charge in [-0.3, -0.25) is 4.79 Å². The first-order valence-electron chi connectivity index (χ1n) is 8.21.